The molecule has 5 nitrogen and oxygen atoms in total. The topological polar surface area (TPSA) is 55.8 Å². The van der Waals surface area contributed by atoms with E-state index in [4.69, 9.17) is 21.7 Å². The van der Waals surface area contributed by atoms with Crippen LogP contribution in [-0.2, 0) is 14.3 Å². The molecule has 0 N–H and O–H groups in total. The minimum atomic E-state index is -0.465. The smallest absolute Gasteiger partial charge is 0.326 e. The fraction of sp³-hybridized carbons (Fsp3) is 0.353. The first-order valence-corrected chi connectivity index (χ1v) is 8.91. The van der Waals surface area contributed by atoms with E-state index >= 15 is 0 Å². The van der Waals surface area contributed by atoms with Crippen molar-refractivity contribution in [3.05, 3.63) is 34.7 Å². The summed E-state index contributed by atoms with van der Waals surface area (Å²) in [5.41, 5.74) is 0.871. The third-order valence-corrected chi connectivity index (χ3v) is 4.49. The van der Waals surface area contributed by atoms with E-state index in [2.05, 4.69) is 0 Å². The van der Waals surface area contributed by atoms with Crippen LogP contribution in [0.2, 0.25) is 0 Å². The van der Waals surface area contributed by atoms with Crippen molar-refractivity contribution in [1.82, 2.24) is 4.90 Å². The maximum atomic E-state index is 12.4. The van der Waals surface area contributed by atoms with Gasteiger partial charge in [0.1, 0.15) is 16.6 Å². The predicted octanol–water partition coefficient (Wildman–Crippen LogP) is 3.24. The lowest BCUT2D eigenvalue weighted by molar-refractivity contribution is -0.145. The molecular weight excluding hydrogens is 346 g/mol. The van der Waals surface area contributed by atoms with Crippen molar-refractivity contribution in [3.63, 3.8) is 0 Å². The third kappa shape index (κ3) is 4.82. The fourth-order valence-corrected chi connectivity index (χ4v) is 3.26. The van der Waals surface area contributed by atoms with E-state index in [1.807, 2.05) is 31.2 Å². The van der Waals surface area contributed by atoms with Crippen LogP contribution in [0.5, 0.6) is 5.75 Å². The molecule has 1 aromatic carbocycles. The molecule has 0 saturated carbocycles. The van der Waals surface area contributed by atoms with Crippen molar-refractivity contribution in [2.24, 2.45) is 0 Å². The Bertz CT molecular complexity index is 655. The fourth-order valence-electron chi connectivity index (χ4n) is 2.00. The summed E-state index contributed by atoms with van der Waals surface area (Å²) < 4.78 is 10.8. The number of esters is 1. The van der Waals surface area contributed by atoms with Crippen molar-refractivity contribution in [3.8, 4) is 5.75 Å². The Morgan fingerprint density at radius 1 is 1.29 bits per heavy atom. The van der Waals surface area contributed by atoms with Crippen molar-refractivity contribution in [2.45, 2.75) is 20.3 Å². The number of rotatable bonds is 7. The Balaban J connectivity index is 2.06. The second kappa shape index (κ2) is 8.84. The average molecular weight is 365 g/mol. The minimum absolute atomic E-state index is 0.153. The number of thiocarbonyl (C=S) groups is 1. The van der Waals surface area contributed by atoms with Gasteiger partial charge in [-0.05, 0) is 37.1 Å². The molecule has 0 atom stereocenters. The Kier molecular flexibility index (Phi) is 6.81. The van der Waals surface area contributed by atoms with E-state index < -0.39 is 5.97 Å². The van der Waals surface area contributed by atoms with Gasteiger partial charge in [-0.3, -0.25) is 14.5 Å². The van der Waals surface area contributed by atoms with Crippen molar-refractivity contribution < 1.29 is 19.1 Å². The number of hydrogen-bond acceptors (Lipinski definition) is 6. The predicted molar refractivity (Wildman–Crippen MR) is 98.7 cm³/mol. The highest BCUT2D eigenvalue weighted by Gasteiger charge is 2.33. The van der Waals surface area contributed by atoms with Gasteiger partial charge >= 0.3 is 5.97 Å². The van der Waals surface area contributed by atoms with Crippen LogP contribution in [0, 0.1) is 0 Å². The molecule has 128 valence electrons. The Morgan fingerprint density at radius 3 is 2.62 bits per heavy atom. The zero-order chi connectivity index (χ0) is 17.5. The van der Waals surface area contributed by atoms with Crippen LogP contribution in [0.25, 0.3) is 6.08 Å². The van der Waals surface area contributed by atoms with Crippen molar-refractivity contribution >= 4 is 46.3 Å². The number of carbonyl (C=O) groups excluding carboxylic acids is 2. The molecule has 0 bridgehead atoms. The molecule has 0 aromatic heterocycles. The van der Waals surface area contributed by atoms with Gasteiger partial charge in [0.25, 0.3) is 5.91 Å². The van der Waals surface area contributed by atoms with Gasteiger partial charge in [0.2, 0.25) is 0 Å². The number of carbonyl (C=O) groups is 2. The maximum absolute atomic E-state index is 12.4. The molecule has 0 radical (unpaired) electrons. The molecule has 0 aliphatic carbocycles. The molecule has 1 aliphatic heterocycles. The average Bonchev–Trinajstić information content (AvgIpc) is 2.82. The Morgan fingerprint density at radius 2 is 2.00 bits per heavy atom. The Hall–Kier alpha value is -1.86. The summed E-state index contributed by atoms with van der Waals surface area (Å²) in [6.45, 7) is 4.56. The van der Waals surface area contributed by atoms with Crippen LogP contribution in [0.4, 0.5) is 0 Å². The van der Waals surface area contributed by atoms with Gasteiger partial charge in [0.15, 0.2) is 0 Å². The highest BCUT2D eigenvalue weighted by Crippen LogP contribution is 2.32. The number of hydrogen-bond donors (Lipinski definition) is 0. The van der Waals surface area contributed by atoms with Crippen LogP contribution in [0.15, 0.2) is 29.2 Å². The Labute approximate surface area is 151 Å². The van der Waals surface area contributed by atoms with E-state index in [0.29, 0.717) is 15.8 Å². The zero-order valence-corrected chi connectivity index (χ0v) is 15.2. The van der Waals surface area contributed by atoms with E-state index in [-0.39, 0.29) is 19.1 Å². The van der Waals surface area contributed by atoms with Crippen molar-refractivity contribution in [2.75, 3.05) is 19.8 Å². The van der Waals surface area contributed by atoms with Gasteiger partial charge in [-0.2, -0.15) is 0 Å². The van der Waals surface area contributed by atoms with Gasteiger partial charge in [0, 0.05) is 0 Å². The molecule has 0 unspecified atom stereocenters. The molecule has 0 spiro atoms. The molecule has 1 saturated heterocycles. The summed E-state index contributed by atoms with van der Waals surface area (Å²) in [7, 11) is 0. The summed E-state index contributed by atoms with van der Waals surface area (Å²) in [6.07, 6.45) is 2.71. The minimum Gasteiger partial charge on any atom is -0.494 e. The lowest BCUT2D eigenvalue weighted by atomic mass is 10.2. The standard InChI is InChI=1S/C17H19NO4S2/c1-3-9-22-13-7-5-12(6-8-13)10-14-16(20)18(17(23)24-14)11-15(19)21-4-2/h5-8,10H,3-4,9,11H2,1-2H3. The third-order valence-electron chi connectivity index (χ3n) is 3.12. The molecule has 24 heavy (non-hydrogen) atoms. The van der Waals surface area contributed by atoms with E-state index in [0.717, 1.165) is 17.7 Å². The number of nitrogens with zero attached hydrogens (tertiary/aromatic N) is 1. The van der Waals surface area contributed by atoms with Gasteiger partial charge < -0.3 is 9.47 Å². The molecule has 1 heterocycles. The van der Waals surface area contributed by atoms with E-state index in [9.17, 15) is 9.59 Å². The lowest BCUT2D eigenvalue weighted by Crippen LogP contribution is -2.34. The summed E-state index contributed by atoms with van der Waals surface area (Å²) in [5.74, 6) is 0.0562. The highest BCUT2D eigenvalue weighted by atomic mass is 32.2. The van der Waals surface area contributed by atoms with Gasteiger partial charge in [-0.15, -0.1) is 0 Å². The summed E-state index contributed by atoms with van der Waals surface area (Å²) in [6, 6.07) is 7.48. The van der Waals surface area contributed by atoms with Crippen LogP contribution in [0.1, 0.15) is 25.8 Å². The van der Waals surface area contributed by atoms with Gasteiger partial charge in [0.05, 0.1) is 18.1 Å². The largest absolute Gasteiger partial charge is 0.494 e. The second-order valence-electron chi connectivity index (χ2n) is 4.99. The normalized spacial score (nSPS) is 15.9. The molecule has 1 amide bonds. The molecule has 2 rings (SSSR count). The van der Waals surface area contributed by atoms with Crippen LogP contribution in [-0.4, -0.2) is 40.9 Å². The molecule has 7 heteroatoms. The molecule has 1 fully saturated rings. The summed E-state index contributed by atoms with van der Waals surface area (Å²) in [5, 5.41) is 0. The van der Waals surface area contributed by atoms with E-state index in [1.165, 1.54) is 16.7 Å². The van der Waals surface area contributed by atoms with Crippen LogP contribution >= 0.6 is 24.0 Å². The van der Waals surface area contributed by atoms with Gasteiger partial charge in [-0.1, -0.05) is 43.0 Å². The molecular formula is C17H19NO4S2. The van der Waals surface area contributed by atoms with E-state index in [1.54, 1.807) is 13.0 Å². The second-order valence-corrected chi connectivity index (χ2v) is 6.67. The van der Waals surface area contributed by atoms with Crippen molar-refractivity contribution in [1.29, 1.82) is 0 Å². The van der Waals surface area contributed by atoms with Gasteiger partial charge in [-0.25, -0.2) is 0 Å². The first kappa shape index (κ1) is 18.5. The van der Waals surface area contributed by atoms with Crippen LogP contribution < -0.4 is 4.74 Å². The highest BCUT2D eigenvalue weighted by molar-refractivity contribution is 8.26. The maximum Gasteiger partial charge on any atom is 0.326 e. The van der Waals surface area contributed by atoms with Crippen LogP contribution in [0.3, 0.4) is 0 Å². The number of benzene rings is 1. The SMILES string of the molecule is CCCOc1ccc(C=C2SC(=S)N(CC(=O)OCC)C2=O)cc1. The number of ether oxygens (including phenoxy) is 2. The molecule has 1 aliphatic rings. The first-order chi connectivity index (χ1) is 11.5. The monoisotopic (exact) mass is 365 g/mol. The zero-order valence-electron chi connectivity index (χ0n) is 13.6. The quantitative estimate of drug-likeness (QED) is 0.420. The first-order valence-electron chi connectivity index (χ1n) is 7.69. The molecule has 1 aromatic rings. The summed E-state index contributed by atoms with van der Waals surface area (Å²) >= 11 is 6.37. The number of amides is 1. The number of thioether (sulfide) groups is 1. The lowest BCUT2D eigenvalue weighted by Gasteiger charge is -2.12. The summed E-state index contributed by atoms with van der Waals surface area (Å²) in [4.78, 5) is 25.7.